The van der Waals surface area contributed by atoms with Gasteiger partial charge in [0, 0.05) is 39.3 Å². The molecule has 0 radical (unpaired) electrons. The lowest BCUT2D eigenvalue weighted by Crippen LogP contribution is -2.34. The van der Waals surface area contributed by atoms with Crippen LogP contribution in [0.3, 0.4) is 0 Å². The number of hydrogen-bond acceptors (Lipinski definition) is 6. The Balaban J connectivity index is 1.50. The molecule has 2 saturated heterocycles. The number of benzene rings is 1. The molecule has 1 aromatic rings. The molecule has 1 aromatic carbocycles. The molecular formula is C30H56N6. The zero-order valence-electron chi connectivity index (χ0n) is 23.2. The summed E-state index contributed by atoms with van der Waals surface area (Å²) in [6.07, 6.45) is 13.0. The maximum absolute atomic E-state index is 3.68. The second-order valence-electron chi connectivity index (χ2n) is 10.9. The van der Waals surface area contributed by atoms with Gasteiger partial charge >= 0.3 is 0 Å². The van der Waals surface area contributed by atoms with Crippen LogP contribution in [-0.2, 0) is 13.1 Å². The molecule has 3 rings (SSSR count). The average molecular weight is 501 g/mol. The predicted molar refractivity (Wildman–Crippen MR) is 155 cm³/mol. The minimum absolute atomic E-state index is 1.07. The second-order valence-corrected chi connectivity index (χ2v) is 10.9. The van der Waals surface area contributed by atoms with Crippen LogP contribution in [0, 0.1) is 0 Å². The maximum atomic E-state index is 3.68. The Labute approximate surface area is 222 Å². The molecule has 0 aliphatic carbocycles. The first-order valence-corrected chi connectivity index (χ1v) is 15.3. The first-order chi connectivity index (χ1) is 17.9. The molecule has 0 aromatic heterocycles. The third-order valence-electron chi connectivity index (χ3n) is 7.58. The van der Waals surface area contributed by atoms with Crippen molar-refractivity contribution in [2.24, 2.45) is 0 Å². The van der Waals surface area contributed by atoms with Gasteiger partial charge in [-0.2, -0.15) is 0 Å². The standard InChI is InChI=1S/C30H56N6/c1-3-14-31-18-7-9-22-35(24-20-33-16-5-1)27-29-12-11-13-30(26-29)28-36-23-10-8-19-32-15-4-2-6-17-34-21-25-36/h11-13,26,31-34H,1-10,14-25,27-28H2. The van der Waals surface area contributed by atoms with Crippen LogP contribution in [0.2, 0.25) is 0 Å². The average Bonchev–Trinajstić information content (AvgIpc) is 2.88. The van der Waals surface area contributed by atoms with E-state index in [1.54, 1.807) is 0 Å². The smallest absolute Gasteiger partial charge is 0.0234 e. The molecule has 6 heteroatoms. The SMILES string of the molecule is c1cc(CN2CCCCNCCCCCNCC2)cc(CN2CCCCNCCCCCNCC2)c1. The topological polar surface area (TPSA) is 54.6 Å². The van der Waals surface area contributed by atoms with Crippen molar-refractivity contribution < 1.29 is 0 Å². The lowest BCUT2D eigenvalue weighted by molar-refractivity contribution is 0.254. The fourth-order valence-electron chi connectivity index (χ4n) is 5.38. The highest BCUT2D eigenvalue weighted by Crippen LogP contribution is 2.12. The van der Waals surface area contributed by atoms with Crippen LogP contribution in [0.5, 0.6) is 0 Å². The molecule has 4 N–H and O–H groups in total. The summed E-state index contributed by atoms with van der Waals surface area (Å²) in [4.78, 5) is 5.33. The van der Waals surface area contributed by atoms with E-state index in [9.17, 15) is 0 Å². The summed E-state index contributed by atoms with van der Waals surface area (Å²) < 4.78 is 0. The Bertz CT molecular complexity index is 575. The Hall–Kier alpha value is -1.02. The van der Waals surface area contributed by atoms with Crippen LogP contribution < -0.4 is 21.3 Å². The number of hydrogen-bond donors (Lipinski definition) is 4. The second kappa shape index (κ2) is 20.0. The summed E-state index contributed by atoms with van der Waals surface area (Å²) in [7, 11) is 0. The van der Waals surface area contributed by atoms with Gasteiger partial charge in [-0.15, -0.1) is 0 Å². The lowest BCUT2D eigenvalue weighted by atomic mass is 10.1. The quantitative estimate of drug-likeness (QED) is 0.507. The van der Waals surface area contributed by atoms with E-state index in [4.69, 9.17) is 0 Å². The van der Waals surface area contributed by atoms with Gasteiger partial charge in [-0.1, -0.05) is 37.1 Å². The van der Waals surface area contributed by atoms with Crippen molar-refractivity contribution in [1.82, 2.24) is 31.1 Å². The first-order valence-electron chi connectivity index (χ1n) is 15.3. The van der Waals surface area contributed by atoms with Gasteiger partial charge in [0.05, 0.1) is 0 Å². The van der Waals surface area contributed by atoms with Crippen LogP contribution in [0.25, 0.3) is 0 Å². The Morgan fingerprint density at radius 1 is 0.444 bits per heavy atom. The summed E-state index contributed by atoms with van der Waals surface area (Å²) in [5.74, 6) is 0. The third kappa shape index (κ3) is 14.1. The molecule has 0 unspecified atom stereocenters. The maximum Gasteiger partial charge on any atom is 0.0234 e. The van der Waals surface area contributed by atoms with E-state index >= 15 is 0 Å². The van der Waals surface area contributed by atoms with E-state index in [1.807, 2.05) is 0 Å². The molecule has 0 spiro atoms. The normalized spacial score (nSPS) is 22.9. The van der Waals surface area contributed by atoms with E-state index in [2.05, 4.69) is 55.3 Å². The van der Waals surface area contributed by atoms with Crippen molar-refractivity contribution in [3.63, 3.8) is 0 Å². The highest BCUT2D eigenvalue weighted by atomic mass is 15.1. The molecule has 0 bridgehead atoms. The summed E-state index contributed by atoms with van der Waals surface area (Å²) in [5, 5.41) is 14.6. The minimum atomic E-state index is 1.07. The largest absolute Gasteiger partial charge is 0.317 e. The van der Waals surface area contributed by atoms with Gasteiger partial charge in [-0.3, -0.25) is 9.80 Å². The van der Waals surface area contributed by atoms with Crippen LogP contribution >= 0.6 is 0 Å². The van der Waals surface area contributed by atoms with Crippen molar-refractivity contribution in [2.75, 3.05) is 78.5 Å². The van der Waals surface area contributed by atoms with Crippen molar-refractivity contribution in [3.05, 3.63) is 35.4 Å². The summed E-state index contributed by atoms with van der Waals surface area (Å²) in [6, 6.07) is 9.42. The van der Waals surface area contributed by atoms with Gasteiger partial charge in [0.1, 0.15) is 0 Å². The molecule has 36 heavy (non-hydrogen) atoms. The Kier molecular flexibility index (Phi) is 16.4. The van der Waals surface area contributed by atoms with E-state index in [-0.39, 0.29) is 0 Å². The summed E-state index contributed by atoms with van der Waals surface area (Å²) in [5.41, 5.74) is 2.94. The highest BCUT2D eigenvalue weighted by molar-refractivity contribution is 5.23. The fraction of sp³-hybridized carbons (Fsp3) is 0.800. The molecule has 0 saturated carbocycles. The lowest BCUT2D eigenvalue weighted by Gasteiger charge is -2.25. The van der Waals surface area contributed by atoms with Gasteiger partial charge in [-0.25, -0.2) is 0 Å². The Morgan fingerprint density at radius 3 is 1.28 bits per heavy atom. The van der Waals surface area contributed by atoms with E-state index in [0.717, 1.165) is 52.4 Å². The van der Waals surface area contributed by atoms with Crippen molar-refractivity contribution in [3.8, 4) is 0 Å². The van der Waals surface area contributed by atoms with Crippen LogP contribution in [-0.4, -0.2) is 88.3 Å². The Morgan fingerprint density at radius 2 is 0.833 bits per heavy atom. The number of nitrogens with zero attached hydrogens (tertiary/aromatic N) is 2. The predicted octanol–water partition coefficient (Wildman–Crippen LogP) is 3.58. The van der Waals surface area contributed by atoms with Gasteiger partial charge < -0.3 is 21.3 Å². The molecule has 0 atom stereocenters. The molecule has 6 nitrogen and oxygen atoms in total. The summed E-state index contributed by atoms with van der Waals surface area (Å²) >= 11 is 0. The van der Waals surface area contributed by atoms with E-state index in [1.165, 1.54) is 115 Å². The monoisotopic (exact) mass is 500 g/mol. The van der Waals surface area contributed by atoms with Gasteiger partial charge in [0.2, 0.25) is 0 Å². The van der Waals surface area contributed by atoms with Gasteiger partial charge in [0.25, 0.3) is 0 Å². The summed E-state index contributed by atoms with van der Waals surface area (Å²) in [6.45, 7) is 16.0. The van der Waals surface area contributed by atoms with Crippen molar-refractivity contribution in [1.29, 1.82) is 0 Å². The van der Waals surface area contributed by atoms with Gasteiger partial charge in [0.15, 0.2) is 0 Å². The molecular weight excluding hydrogens is 444 g/mol. The van der Waals surface area contributed by atoms with Crippen LogP contribution in [0.4, 0.5) is 0 Å². The molecule has 2 heterocycles. The zero-order valence-corrected chi connectivity index (χ0v) is 23.2. The minimum Gasteiger partial charge on any atom is -0.317 e. The van der Waals surface area contributed by atoms with Gasteiger partial charge in [-0.05, 0) is 115 Å². The number of rotatable bonds is 4. The highest BCUT2D eigenvalue weighted by Gasteiger charge is 2.10. The van der Waals surface area contributed by atoms with Crippen molar-refractivity contribution in [2.45, 2.75) is 77.3 Å². The zero-order chi connectivity index (χ0) is 24.9. The molecule has 0 amide bonds. The van der Waals surface area contributed by atoms with Crippen molar-refractivity contribution >= 4 is 0 Å². The third-order valence-corrected chi connectivity index (χ3v) is 7.58. The molecule has 2 fully saturated rings. The van der Waals surface area contributed by atoms with Crippen LogP contribution in [0.15, 0.2) is 24.3 Å². The van der Waals surface area contributed by atoms with Crippen LogP contribution in [0.1, 0.15) is 75.3 Å². The van der Waals surface area contributed by atoms with E-state index in [0.29, 0.717) is 0 Å². The number of nitrogens with one attached hydrogen (secondary N) is 4. The molecule has 2 aliphatic rings. The fourth-order valence-corrected chi connectivity index (χ4v) is 5.38. The van der Waals surface area contributed by atoms with E-state index < -0.39 is 0 Å². The first kappa shape index (κ1) is 29.5. The molecule has 206 valence electrons. The molecule has 2 aliphatic heterocycles.